The number of carbonyl (C=O) groups is 1. The number of benzene rings is 1. The van der Waals surface area contributed by atoms with Crippen molar-refractivity contribution in [1.29, 1.82) is 0 Å². The van der Waals surface area contributed by atoms with Crippen LogP contribution < -0.4 is 20.3 Å². The molecule has 0 radical (unpaired) electrons. The third-order valence-corrected chi connectivity index (χ3v) is 3.93. The molecule has 1 aromatic heterocycles. The van der Waals surface area contributed by atoms with Crippen molar-refractivity contribution in [2.45, 2.75) is 39.7 Å². The van der Waals surface area contributed by atoms with Crippen molar-refractivity contribution in [3.63, 3.8) is 0 Å². The minimum atomic E-state index is -0.372. The van der Waals surface area contributed by atoms with Crippen LogP contribution in [0.1, 0.15) is 32.9 Å². The van der Waals surface area contributed by atoms with E-state index in [2.05, 4.69) is 20.5 Å². The molecule has 0 aliphatic rings. The normalized spacial score (nSPS) is 10.8. The zero-order chi connectivity index (χ0) is 21.2. The Hall–Kier alpha value is -2.94. The van der Waals surface area contributed by atoms with Crippen molar-refractivity contribution in [3.05, 3.63) is 34.2 Å². The van der Waals surface area contributed by atoms with E-state index in [0.29, 0.717) is 42.7 Å². The lowest BCUT2D eigenvalue weighted by molar-refractivity contribution is -0.121. The van der Waals surface area contributed by atoms with Gasteiger partial charge < -0.3 is 24.5 Å². The molecule has 1 aromatic carbocycles. The summed E-state index contributed by atoms with van der Waals surface area (Å²) >= 11 is 0. The van der Waals surface area contributed by atoms with Gasteiger partial charge in [-0.1, -0.05) is 0 Å². The number of carbonyl (C=O) groups excluding carboxylic acids is 1. The Morgan fingerprint density at radius 2 is 2.00 bits per heavy atom. The average molecular weight is 404 g/mol. The number of aromatic amines is 1. The van der Waals surface area contributed by atoms with Crippen molar-refractivity contribution in [2.24, 2.45) is 0 Å². The van der Waals surface area contributed by atoms with Crippen LogP contribution in [0.3, 0.4) is 0 Å². The molecule has 2 aromatic rings. The second kappa shape index (κ2) is 11.2. The minimum absolute atomic E-state index is 0.0512. The van der Waals surface area contributed by atoms with Crippen LogP contribution in [0.5, 0.6) is 11.5 Å². The van der Waals surface area contributed by atoms with Gasteiger partial charge in [-0.15, -0.1) is 10.2 Å². The first-order valence-electron chi connectivity index (χ1n) is 9.58. The Labute approximate surface area is 169 Å². The van der Waals surface area contributed by atoms with Gasteiger partial charge in [0.05, 0.1) is 13.7 Å². The molecule has 0 unspecified atom stereocenters. The first-order valence-corrected chi connectivity index (χ1v) is 9.58. The molecule has 0 spiro atoms. The number of hydrogen-bond donors (Lipinski definition) is 2. The van der Waals surface area contributed by atoms with Crippen molar-refractivity contribution in [3.8, 4) is 22.9 Å². The van der Waals surface area contributed by atoms with Crippen LogP contribution in [0.2, 0.25) is 0 Å². The molecule has 2 rings (SSSR count). The third-order valence-electron chi connectivity index (χ3n) is 3.93. The summed E-state index contributed by atoms with van der Waals surface area (Å²) in [5.41, 5.74) is 0.478. The van der Waals surface area contributed by atoms with Crippen LogP contribution in [-0.2, 0) is 16.0 Å². The number of H-pyrrole nitrogens is 1. The largest absolute Gasteiger partial charge is 0.493 e. The van der Waals surface area contributed by atoms with Crippen LogP contribution in [0.15, 0.2) is 23.0 Å². The van der Waals surface area contributed by atoms with E-state index in [4.69, 9.17) is 14.2 Å². The van der Waals surface area contributed by atoms with Gasteiger partial charge in [-0.3, -0.25) is 9.59 Å². The molecule has 0 saturated heterocycles. The monoisotopic (exact) mass is 404 g/mol. The van der Waals surface area contributed by atoms with Gasteiger partial charge in [0.1, 0.15) is 12.3 Å². The molecule has 0 aliphatic carbocycles. The molecule has 0 saturated carbocycles. The summed E-state index contributed by atoms with van der Waals surface area (Å²) in [7, 11) is 1.54. The van der Waals surface area contributed by atoms with Crippen LogP contribution in [0.25, 0.3) is 11.4 Å². The number of hydrogen-bond acceptors (Lipinski definition) is 7. The van der Waals surface area contributed by atoms with Crippen molar-refractivity contribution >= 4 is 5.91 Å². The van der Waals surface area contributed by atoms with Gasteiger partial charge in [0, 0.05) is 31.1 Å². The fourth-order valence-electron chi connectivity index (χ4n) is 2.57. The molecule has 9 heteroatoms. The van der Waals surface area contributed by atoms with Crippen molar-refractivity contribution in [1.82, 2.24) is 20.5 Å². The SMILES string of the molecule is CCOCCOc1ccc(-c2nnc(CCC(=O)NC(C)C)c(=O)[nH]2)cc1OC. The van der Waals surface area contributed by atoms with E-state index in [0.717, 1.165) is 0 Å². The highest BCUT2D eigenvalue weighted by Gasteiger charge is 2.12. The minimum Gasteiger partial charge on any atom is -0.493 e. The van der Waals surface area contributed by atoms with E-state index in [1.807, 2.05) is 20.8 Å². The maximum Gasteiger partial charge on any atom is 0.273 e. The number of ether oxygens (including phenoxy) is 3. The molecule has 2 N–H and O–H groups in total. The zero-order valence-electron chi connectivity index (χ0n) is 17.3. The lowest BCUT2D eigenvalue weighted by Gasteiger charge is -2.12. The van der Waals surface area contributed by atoms with Crippen LogP contribution in [0, 0.1) is 0 Å². The van der Waals surface area contributed by atoms with E-state index in [1.165, 1.54) is 7.11 Å². The number of nitrogens with one attached hydrogen (secondary N) is 2. The second-order valence-corrected chi connectivity index (χ2v) is 6.58. The average Bonchev–Trinajstić information content (AvgIpc) is 2.69. The molecule has 1 amide bonds. The Morgan fingerprint density at radius 3 is 2.66 bits per heavy atom. The van der Waals surface area contributed by atoms with Crippen LogP contribution in [-0.4, -0.2) is 54.1 Å². The van der Waals surface area contributed by atoms with Crippen molar-refractivity contribution in [2.75, 3.05) is 26.9 Å². The molecule has 0 bridgehead atoms. The van der Waals surface area contributed by atoms with E-state index in [9.17, 15) is 9.59 Å². The number of aryl methyl sites for hydroxylation is 1. The first kappa shape index (κ1) is 22.4. The maximum atomic E-state index is 12.3. The molecule has 0 aliphatic heterocycles. The van der Waals surface area contributed by atoms with E-state index >= 15 is 0 Å². The Kier molecular flexibility index (Phi) is 8.60. The standard InChI is InChI=1S/C20H28N4O5/c1-5-28-10-11-29-16-8-6-14(12-17(16)27-4)19-22-20(26)15(23-24-19)7-9-18(25)21-13(2)3/h6,8,12-13H,5,7,9-11H2,1-4H3,(H,21,25)(H,22,24,26). The molecule has 29 heavy (non-hydrogen) atoms. The molecular weight excluding hydrogens is 376 g/mol. The van der Waals surface area contributed by atoms with E-state index in [1.54, 1.807) is 18.2 Å². The Morgan fingerprint density at radius 1 is 1.21 bits per heavy atom. The highest BCUT2D eigenvalue weighted by molar-refractivity contribution is 5.76. The summed E-state index contributed by atoms with van der Waals surface area (Å²) in [5.74, 6) is 1.26. The maximum absolute atomic E-state index is 12.3. The molecule has 158 valence electrons. The summed E-state index contributed by atoms with van der Waals surface area (Å²) in [6, 6.07) is 5.26. The van der Waals surface area contributed by atoms with Crippen LogP contribution in [0.4, 0.5) is 0 Å². The Balaban J connectivity index is 2.09. The van der Waals surface area contributed by atoms with Gasteiger partial charge >= 0.3 is 0 Å². The number of nitrogens with zero attached hydrogens (tertiary/aromatic N) is 2. The topological polar surface area (TPSA) is 115 Å². The lowest BCUT2D eigenvalue weighted by Crippen LogP contribution is -2.31. The quantitative estimate of drug-likeness (QED) is 0.548. The van der Waals surface area contributed by atoms with Gasteiger partial charge in [0.15, 0.2) is 17.3 Å². The van der Waals surface area contributed by atoms with Crippen molar-refractivity contribution < 1.29 is 19.0 Å². The highest BCUT2D eigenvalue weighted by Crippen LogP contribution is 2.31. The summed E-state index contributed by atoms with van der Waals surface area (Å²) in [6.07, 6.45) is 0.397. The number of rotatable bonds is 11. The van der Waals surface area contributed by atoms with Gasteiger partial charge in [0.25, 0.3) is 5.56 Å². The smallest absolute Gasteiger partial charge is 0.273 e. The zero-order valence-corrected chi connectivity index (χ0v) is 17.3. The second-order valence-electron chi connectivity index (χ2n) is 6.58. The molecule has 9 nitrogen and oxygen atoms in total. The fraction of sp³-hybridized carbons (Fsp3) is 0.500. The van der Waals surface area contributed by atoms with Gasteiger partial charge in [-0.05, 0) is 39.0 Å². The number of aromatic nitrogens is 3. The summed E-state index contributed by atoms with van der Waals surface area (Å²) in [5, 5.41) is 10.9. The fourth-order valence-corrected chi connectivity index (χ4v) is 2.57. The van der Waals surface area contributed by atoms with E-state index in [-0.39, 0.29) is 36.0 Å². The van der Waals surface area contributed by atoms with Crippen LogP contribution >= 0.6 is 0 Å². The molecule has 0 atom stereocenters. The van der Waals surface area contributed by atoms with Gasteiger partial charge in [-0.2, -0.15) is 0 Å². The van der Waals surface area contributed by atoms with Gasteiger partial charge in [0.2, 0.25) is 5.91 Å². The first-order chi connectivity index (χ1) is 13.9. The number of methoxy groups -OCH3 is 1. The summed E-state index contributed by atoms with van der Waals surface area (Å²) in [6.45, 7) is 7.19. The predicted molar refractivity (Wildman–Crippen MR) is 108 cm³/mol. The molecule has 0 fully saturated rings. The summed E-state index contributed by atoms with van der Waals surface area (Å²) in [4.78, 5) is 26.8. The number of amides is 1. The lowest BCUT2D eigenvalue weighted by atomic mass is 10.2. The van der Waals surface area contributed by atoms with Gasteiger partial charge in [-0.25, -0.2) is 0 Å². The predicted octanol–water partition coefficient (Wildman–Crippen LogP) is 1.71. The van der Waals surface area contributed by atoms with E-state index < -0.39 is 0 Å². The highest BCUT2D eigenvalue weighted by atomic mass is 16.5. The third kappa shape index (κ3) is 6.86. The molecular formula is C20H28N4O5. The summed E-state index contributed by atoms with van der Waals surface area (Å²) < 4.78 is 16.3. The molecule has 1 heterocycles. The Bertz CT molecular complexity index is 866.